The number of carbonyl (C=O) groups is 1. The van der Waals surface area contributed by atoms with Crippen LogP contribution in [0.5, 0.6) is 5.75 Å². The molecule has 0 aliphatic rings. The monoisotopic (exact) mass is 477 g/mol. The van der Waals surface area contributed by atoms with Crippen LogP contribution >= 0.6 is 23.1 Å². The molecule has 0 radical (unpaired) electrons. The van der Waals surface area contributed by atoms with Crippen LogP contribution in [0.25, 0.3) is 10.4 Å². The first-order valence-corrected chi connectivity index (χ1v) is 12.9. The van der Waals surface area contributed by atoms with Gasteiger partial charge in [-0.3, -0.25) is 4.79 Å². The summed E-state index contributed by atoms with van der Waals surface area (Å²) >= 11 is 2.48. The average Bonchev–Trinajstić information content (AvgIpc) is 3.28. The molecule has 0 saturated heterocycles. The molecule has 2 atom stereocenters. The van der Waals surface area contributed by atoms with E-state index in [0.717, 1.165) is 27.3 Å². The lowest BCUT2D eigenvalue weighted by atomic mass is 10.1. The fourth-order valence-electron chi connectivity index (χ4n) is 3.05. The third-order valence-corrected chi connectivity index (χ3v) is 8.85. The Hall–Kier alpha value is -2.33. The van der Waals surface area contributed by atoms with Gasteiger partial charge in [-0.15, -0.1) is 11.3 Å². The van der Waals surface area contributed by atoms with Crippen molar-refractivity contribution < 1.29 is 23.1 Å². The van der Waals surface area contributed by atoms with Gasteiger partial charge in [-0.05, 0) is 53.3 Å². The van der Waals surface area contributed by atoms with Gasteiger partial charge in [-0.25, -0.2) is 8.42 Å². The van der Waals surface area contributed by atoms with Crippen molar-refractivity contribution in [3.63, 3.8) is 0 Å². The zero-order valence-corrected chi connectivity index (χ0v) is 19.5. The van der Waals surface area contributed by atoms with E-state index >= 15 is 0 Å². The number of aliphatic carboxylic acids is 1. The molecule has 0 spiro atoms. The number of hydrogen-bond acceptors (Lipinski definition) is 6. The van der Waals surface area contributed by atoms with Crippen LogP contribution in [0.4, 0.5) is 0 Å². The standard InChI is InChI=1S/C22H23NO5S3/c1-3-29-21(16-7-5-4-6-8-16)20(22(24)25)23-31(26,27)19-14-13-18(30-19)15-9-11-17(28-2)12-10-15/h4-14,20-21,23H,3H2,1-2H3,(H,24,25). The van der Waals surface area contributed by atoms with Crippen LogP contribution in [0.15, 0.2) is 70.9 Å². The largest absolute Gasteiger partial charge is 0.497 e. The summed E-state index contributed by atoms with van der Waals surface area (Å²) in [7, 11) is -2.45. The molecule has 6 nitrogen and oxygen atoms in total. The minimum atomic E-state index is -4.03. The number of methoxy groups -OCH3 is 1. The first kappa shape index (κ1) is 23.3. The molecule has 9 heteroatoms. The lowest BCUT2D eigenvalue weighted by Gasteiger charge is -2.24. The molecular formula is C22H23NO5S3. The number of sulfonamides is 1. The van der Waals surface area contributed by atoms with Crippen LogP contribution in [-0.4, -0.2) is 38.4 Å². The molecular weight excluding hydrogens is 454 g/mol. The molecule has 1 heterocycles. The molecule has 0 aliphatic heterocycles. The average molecular weight is 478 g/mol. The number of carboxylic acid groups (broad SMARTS) is 1. The Morgan fingerprint density at radius 1 is 1.10 bits per heavy atom. The van der Waals surface area contributed by atoms with Crippen molar-refractivity contribution in [1.82, 2.24) is 4.72 Å². The Balaban J connectivity index is 1.87. The zero-order chi connectivity index (χ0) is 22.4. The van der Waals surface area contributed by atoms with E-state index in [4.69, 9.17) is 4.74 Å². The van der Waals surface area contributed by atoms with E-state index in [0.29, 0.717) is 11.5 Å². The highest BCUT2D eigenvalue weighted by Crippen LogP contribution is 2.35. The summed E-state index contributed by atoms with van der Waals surface area (Å²) in [5.41, 5.74) is 1.61. The summed E-state index contributed by atoms with van der Waals surface area (Å²) in [6.45, 7) is 1.91. The van der Waals surface area contributed by atoms with Crippen molar-refractivity contribution >= 4 is 39.1 Å². The normalized spacial score (nSPS) is 13.5. The molecule has 164 valence electrons. The number of benzene rings is 2. The summed E-state index contributed by atoms with van der Waals surface area (Å²) in [5.74, 6) is 0.135. The summed E-state index contributed by atoms with van der Waals surface area (Å²) in [4.78, 5) is 12.8. The smallest absolute Gasteiger partial charge is 0.323 e. The third kappa shape index (κ3) is 5.68. The Bertz CT molecular complexity index is 1110. The van der Waals surface area contributed by atoms with Crippen LogP contribution in [0.2, 0.25) is 0 Å². The van der Waals surface area contributed by atoms with Gasteiger partial charge in [0.15, 0.2) is 0 Å². The highest BCUT2D eigenvalue weighted by molar-refractivity contribution is 7.99. The Kier molecular flexibility index (Phi) is 7.77. The first-order chi connectivity index (χ1) is 14.9. The van der Waals surface area contributed by atoms with Crippen LogP contribution in [0, 0.1) is 0 Å². The molecule has 0 saturated carbocycles. The molecule has 1 aromatic heterocycles. The van der Waals surface area contributed by atoms with E-state index in [1.54, 1.807) is 25.3 Å². The van der Waals surface area contributed by atoms with Gasteiger partial charge in [0.2, 0.25) is 0 Å². The molecule has 0 bridgehead atoms. The van der Waals surface area contributed by atoms with Crippen molar-refractivity contribution in [3.8, 4) is 16.2 Å². The lowest BCUT2D eigenvalue weighted by molar-refractivity contribution is -0.139. The van der Waals surface area contributed by atoms with Crippen molar-refractivity contribution in [1.29, 1.82) is 0 Å². The van der Waals surface area contributed by atoms with Gasteiger partial charge in [0.25, 0.3) is 10.0 Å². The molecule has 0 fully saturated rings. The highest BCUT2D eigenvalue weighted by atomic mass is 32.2. The molecule has 2 aromatic carbocycles. The molecule has 3 aromatic rings. The minimum absolute atomic E-state index is 0.0675. The summed E-state index contributed by atoms with van der Waals surface area (Å²) < 4.78 is 33.7. The predicted octanol–water partition coefficient (Wildman–Crippen LogP) is 4.65. The van der Waals surface area contributed by atoms with Crippen molar-refractivity contribution in [3.05, 3.63) is 72.3 Å². The fraction of sp³-hybridized carbons (Fsp3) is 0.227. The van der Waals surface area contributed by atoms with E-state index in [2.05, 4.69) is 4.72 Å². The second kappa shape index (κ2) is 10.3. The number of hydrogen-bond donors (Lipinski definition) is 2. The second-order valence-electron chi connectivity index (χ2n) is 6.57. The van der Waals surface area contributed by atoms with E-state index in [9.17, 15) is 18.3 Å². The van der Waals surface area contributed by atoms with E-state index in [1.807, 2.05) is 49.4 Å². The van der Waals surface area contributed by atoms with Crippen molar-refractivity contribution in [2.45, 2.75) is 22.4 Å². The molecule has 2 N–H and O–H groups in total. The van der Waals surface area contributed by atoms with Gasteiger partial charge < -0.3 is 9.84 Å². The minimum Gasteiger partial charge on any atom is -0.497 e. The van der Waals surface area contributed by atoms with Gasteiger partial charge in [-0.1, -0.05) is 37.3 Å². The maximum atomic E-state index is 13.0. The molecule has 0 aliphatic carbocycles. The fourth-order valence-corrected chi connectivity index (χ4v) is 6.75. The topological polar surface area (TPSA) is 92.7 Å². The van der Waals surface area contributed by atoms with E-state index < -0.39 is 27.3 Å². The molecule has 3 rings (SSSR count). The quantitative estimate of drug-likeness (QED) is 0.442. The van der Waals surface area contributed by atoms with Gasteiger partial charge in [0.1, 0.15) is 16.0 Å². The van der Waals surface area contributed by atoms with Gasteiger partial charge in [-0.2, -0.15) is 16.5 Å². The highest BCUT2D eigenvalue weighted by Gasteiger charge is 2.34. The Labute approximate surface area is 190 Å². The summed E-state index contributed by atoms with van der Waals surface area (Å²) in [6, 6.07) is 18.3. The third-order valence-electron chi connectivity index (χ3n) is 4.55. The number of nitrogens with one attached hydrogen (secondary N) is 1. The number of rotatable bonds is 10. The van der Waals surface area contributed by atoms with Crippen molar-refractivity contribution in [2.75, 3.05) is 12.9 Å². The lowest BCUT2D eigenvalue weighted by Crippen LogP contribution is -2.43. The first-order valence-electron chi connectivity index (χ1n) is 9.51. The van der Waals surface area contributed by atoms with Gasteiger partial charge in [0, 0.05) is 4.88 Å². The predicted molar refractivity (Wildman–Crippen MR) is 125 cm³/mol. The van der Waals surface area contributed by atoms with Crippen LogP contribution in [0.1, 0.15) is 17.7 Å². The summed E-state index contributed by atoms with van der Waals surface area (Å²) in [6.07, 6.45) is 0. The Morgan fingerprint density at radius 2 is 1.77 bits per heavy atom. The SMILES string of the molecule is CCSC(c1ccccc1)C(NS(=O)(=O)c1ccc(-c2ccc(OC)cc2)s1)C(=O)O. The van der Waals surface area contributed by atoms with Crippen molar-refractivity contribution in [2.24, 2.45) is 0 Å². The van der Waals surface area contributed by atoms with Crippen LogP contribution in [-0.2, 0) is 14.8 Å². The number of carboxylic acids is 1. The van der Waals surface area contributed by atoms with E-state index in [1.165, 1.54) is 17.8 Å². The second-order valence-corrected chi connectivity index (χ2v) is 11.0. The summed E-state index contributed by atoms with van der Waals surface area (Å²) in [5, 5.41) is 9.27. The molecule has 31 heavy (non-hydrogen) atoms. The Morgan fingerprint density at radius 3 is 2.35 bits per heavy atom. The zero-order valence-electron chi connectivity index (χ0n) is 17.0. The van der Waals surface area contributed by atoms with Crippen LogP contribution < -0.4 is 9.46 Å². The number of ether oxygens (including phenoxy) is 1. The molecule has 0 amide bonds. The van der Waals surface area contributed by atoms with Crippen LogP contribution in [0.3, 0.4) is 0 Å². The maximum Gasteiger partial charge on any atom is 0.323 e. The van der Waals surface area contributed by atoms with Gasteiger partial charge in [0.05, 0.1) is 12.4 Å². The van der Waals surface area contributed by atoms with Gasteiger partial charge >= 0.3 is 5.97 Å². The number of thioether (sulfide) groups is 1. The maximum absolute atomic E-state index is 13.0. The van der Waals surface area contributed by atoms with E-state index in [-0.39, 0.29) is 4.21 Å². The number of thiophene rings is 1. The molecule has 2 unspecified atom stereocenters.